The van der Waals surface area contributed by atoms with Gasteiger partial charge in [0.25, 0.3) is 5.56 Å². The molecule has 4 heteroatoms. The number of benzene rings is 1. The van der Waals surface area contributed by atoms with E-state index in [0.29, 0.717) is 22.0 Å². The first-order chi connectivity index (χ1) is 7.65. The fourth-order valence-electron chi connectivity index (χ4n) is 1.79. The van der Waals surface area contributed by atoms with Gasteiger partial charge in [0.1, 0.15) is 6.29 Å². The van der Waals surface area contributed by atoms with E-state index in [1.165, 1.54) is 6.20 Å². The molecule has 1 N–H and O–H groups in total. The average molecular weight is 217 g/mol. The van der Waals surface area contributed by atoms with Crippen molar-refractivity contribution in [1.29, 1.82) is 0 Å². The van der Waals surface area contributed by atoms with Crippen molar-refractivity contribution < 1.29 is 10.0 Å². The summed E-state index contributed by atoms with van der Waals surface area (Å²) in [5.74, 6) is -0.531. The second kappa shape index (κ2) is 3.81. The third-order valence-corrected chi connectivity index (χ3v) is 2.61. The molecule has 2 rings (SSSR count). The first kappa shape index (κ1) is 10.4. The Kier molecular flexibility index (Phi) is 2.48. The van der Waals surface area contributed by atoms with Crippen LogP contribution in [0.2, 0.25) is 0 Å². The van der Waals surface area contributed by atoms with Gasteiger partial charge in [0.05, 0.1) is 6.20 Å². The van der Waals surface area contributed by atoms with Gasteiger partial charge in [-0.05, 0) is 5.39 Å². The van der Waals surface area contributed by atoms with E-state index in [9.17, 15) is 14.8 Å². The van der Waals surface area contributed by atoms with E-state index in [1.54, 1.807) is 25.1 Å². The minimum atomic E-state index is -0.543. The molecule has 82 valence electrons. The summed E-state index contributed by atoms with van der Waals surface area (Å²) >= 11 is 0. The average Bonchev–Trinajstić information content (AvgIpc) is 2.30. The van der Waals surface area contributed by atoms with Gasteiger partial charge in [-0.1, -0.05) is 31.2 Å². The van der Waals surface area contributed by atoms with Crippen molar-refractivity contribution in [3.05, 3.63) is 46.4 Å². The predicted molar refractivity (Wildman–Crippen MR) is 59.9 cm³/mol. The van der Waals surface area contributed by atoms with Gasteiger partial charge < -0.3 is 10.0 Å². The molecule has 0 bridgehead atoms. The van der Waals surface area contributed by atoms with Crippen LogP contribution in [-0.2, 0) is 4.79 Å². The summed E-state index contributed by atoms with van der Waals surface area (Å²) in [4.78, 5) is 22.5. The van der Waals surface area contributed by atoms with Gasteiger partial charge in [0, 0.05) is 16.9 Å². The Morgan fingerprint density at radius 2 is 2.06 bits per heavy atom. The number of aromatic nitrogens is 1. The van der Waals surface area contributed by atoms with Crippen LogP contribution in [0.15, 0.2) is 35.3 Å². The lowest BCUT2D eigenvalue weighted by atomic mass is 9.98. The molecule has 2 aromatic rings. The van der Waals surface area contributed by atoms with Gasteiger partial charge >= 0.3 is 0 Å². The molecule has 16 heavy (non-hydrogen) atoms. The molecular weight excluding hydrogens is 206 g/mol. The van der Waals surface area contributed by atoms with Gasteiger partial charge in [-0.25, -0.2) is 0 Å². The first-order valence-electron chi connectivity index (χ1n) is 4.94. The molecule has 1 heterocycles. The summed E-state index contributed by atoms with van der Waals surface area (Å²) in [6.45, 7) is 1.64. The summed E-state index contributed by atoms with van der Waals surface area (Å²) in [7, 11) is 0. The first-order valence-corrected chi connectivity index (χ1v) is 4.94. The van der Waals surface area contributed by atoms with E-state index in [4.69, 9.17) is 0 Å². The quantitative estimate of drug-likeness (QED) is 0.613. The maximum atomic E-state index is 11.7. The van der Waals surface area contributed by atoms with Gasteiger partial charge in [0.15, 0.2) is 0 Å². The standard InChI is InChI=1S/C12H11NO3/c1-8(7-14)11-10-5-3-2-4-9(10)6-13(16)12(11)15/h2-8,16H,1H3. The highest BCUT2D eigenvalue weighted by molar-refractivity contribution is 5.87. The van der Waals surface area contributed by atoms with Crippen LogP contribution in [0.25, 0.3) is 10.8 Å². The Balaban J connectivity index is 2.92. The molecular formula is C12H11NO3. The van der Waals surface area contributed by atoms with Crippen molar-refractivity contribution in [3.8, 4) is 0 Å². The van der Waals surface area contributed by atoms with Gasteiger partial charge in [0.2, 0.25) is 0 Å². The fourth-order valence-corrected chi connectivity index (χ4v) is 1.79. The van der Waals surface area contributed by atoms with Crippen LogP contribution in [0.1, 0.15) is 18.4 Å². The highest BCUT2D eigenvalue weighted by Gasteiger charge is 2.15. The topological polar surface area (TPSA) is 59.3 Å². The van der Waals surface area contributed by atoms with Gasteiger partial charge in [-0.2, -0.15) is 4.73 Å². The summed E-state index contributed by atoms with van der Waals surface area (Å²) in [6, 6.07) is 7.15. The number of carbonyl (C=O) groups is 1. The normalized spacial score (nSPS) is 12.6. The molecule has 0 saturated carbocycles. The monoisotopic (exact) mass is 217 g/mol. The van der Waals surface area contributed by atoms with Crippen molar-refractivity contribution >= 4 is 17.1 Å². The van der Waals surface area contributed by atoms with E-state index >= 15 is 0 Å². The third-order valence-electron chi connectivity index (χ3n) is 2.61. The van der Waals surface area contributed by atoms with E-state index < -0.39 is 11.5 Å². The lowest BCUT2D eigenvalue weighted by Gasteiger charge is -2.09. The molecule has 0 aliphatic carbocycles. The van der Waals surface area contributed by atoms with Crippen molar-refractivity contribution in [2.45, 2.75) is 12.8 Å². The third kappa shape index (κ3) is 1.48. The lowest BCUT2D eigenvalue weighted by molar-refractivity contribution is -0.108. The minimum Gasteiger partial charge on any atom is -0.425 e. The van der Waals surface area contributed by atoms with Crippen molar-refractivity contribution in [2.24, 2.45) is 0 Å². The summed E-state index contributed by atoms with van der Waals surface area (Å²) in [5.41, 5.74) is -0.214. The maximum Gasteiger partial charge on any atom is 0.287 e. The molecule has 0 amide bonds. The number of fused-ring (bicyclic) bond motifs is 1. The fraction of sp³-hybridized carbons (Fsp3) is 0.167. The van der Waals surface area contributed by atoms with E-state index in [0.717, 1.165) is 5.39 Å². The molecule has 0 fully saturated rings. The molecule has 4 nitrogen and oxygen atoms in total. The zero-order chi connectivity index (χ0) is 11.7. The second-order valence-electron chi connectivity index (χ2n) is 3.70. The number of pyridine rings is 1. The summed E-state index contributed by atoms with van der Waals surface area (Å²) < 4.78 is 0.525. The van der Waals surface area contributed by atoms with Crippen LogP contribution < -0.4 is 5.56 Å². The van der Waals surface area contributed by atoms with Crippen LogP contribution in [-0.4, -0.2) is 16.2 Å². The Morgan fingerprint density at radius 1 is 1.38 bits per heavy atom. The summed E-state index contributed by atoms with van der Waals surface area (Å²) in [6.07, 6.45) is 2.04. The zero-order valence-corrected chi connectivity index (χ0v) is 8.75. The van der Waals surface area contributed by atoms with Crippen LogP contribution in [0, 0.1) is 0 Å². The van der Waals surface area contributed by atoms with Crippen LogP contribution in [0.3, 0.4) is 0 Å². The molecule has 0 radical (unpaired) electrons. The second-order valence-corrected chi connectivity index (χ2v) is 3.70. The minimum absolute atomic E-state index is 0.329. The Labute approximate surface area is 91.7 Å². The molecule has 1 aromatic heterocycles. The van der Waals surface area contributed by atoms with Crippen LogP contribution in [0.5, 0.6) is 0 Å². The molecule has 0 spiro atoms. The van der Waals surface area contributed by atoms with E-state index in [-0.39, 0.29) is 0 Å². The SMILES string of the molecule is CC(C=O)c1c(=O)n(O)cc2ccccc12. The number of hydrogen-bond donors (Lipinski definition) is 1. The highest BCUT2D eigenvalue weighted by Crippen LogP contribution is 2.20. The van der Waals surface area contributed by atoms with Gasteiger partial charge in [-0.3, -0.25) is 4.79 Å². The van der Waals surface area contributed by atoms with E-state index in [1.807, 2.05) is 6.07 Å². The number of rotatable bonds is 2. The lowest BCUT2D eigenvalue weighted by Crippen LogP contribution is -2.23. The smallest absolute Gasteiger partial charge is 0.287 e. The van der Waals surface area contributed by atoms with Gasteiger partial charge in [-0.15, -0.1) is 0 Å². The number of aldehydes is 1. The molecule has 0 aliphatic heterocycles. The van der Waals surface area contributed by atoms with E-state index in [2.05, 4.69) is 0 Å². The molecule has 0 saturated heterocycles. The molecule has 0 aliphatic rings. The highest BCUT2D eigenvalue weighted by atomic mass is 16.5. The Hall–Kier alpha value is -2.10. The largest absolute Gasteiger partial charge is 0.425 e. The summed E-state index contributed by atoms with van der Waals surface area (Å²) in [5, 5.41) is 10.9. The zero-order valence-electron chi connectivity index (χ0n) is 8.75. The molecule has 1 unspecified atom stereocenters. The Morgan fingerprint density at radius 3 is 2.75 bits per heavy atom. The number of nitrogens with zero attached hydrogens (tertiary/aromatic N) is 1. The predicted octanol–water partition coefficient (Wildman–Crippen LogP) is 1.54. The van der Waals surface area contributed by atoms with Crippen molar-refractivity contribution in [3.63, 3.8) is 0 Å². The molecule has 1 atom stereocenters. The number of hydrogen-bond acceptors (Lipinski definition) is 3. The van der Waals surface area contributed by atoms with Crippen LogP contribution >= 0.6 is 0 Å². The van der Waals surface area contributed by atoms with Crippen molar-refractivity contribution in [2.75, 3.05) is 0 Å². The maximum absolute atomic E-state index is 11.7. The van der Waals surface area contributed by atoms with Crippen molar-refractivity contribution in [1.82, 2.24) is 4.73 Å². The Bertz CT molecular complexity index is 601. The number of carbonyl (C=O) groups excluding carboxylic acids is 1. The molecule has 1 aromatic carbocycles. The van der Waals surface area contributed by atoms with Crippen LogP contribution in [0.4, 0.5) is 0 Å².